The molecule has 116 valence electrons. The van der Waals surface area contributed by atoms with Crippen LogP contribution >= 0.6 is 0 Å². The van der Waals surface area contributed by atoms with Gasteiger partial charge in [0.1, 0.15) is 5.69 Å². The first kappa shape index (κ1) is 15.0. The number of nitrogens with zero attached hydrogens (tertiary/aromatic N) is 3. The van der Waals surface area contributed by atoms with Crippen LogP contribution in [0.25, 0.3) is 0 Å². The van der Waals surface area contributed by atoms with Crippen molar-refractivity contribution in [3.8, 4) is 6.07 Å². The fraction of sp³-hybridized carbons (Fsp3) is 0.278. The Morgan fingerprint density at radius 2 is 1.83 bits per heavy atom. The first-order chi connectivity index (χ1) is 11.2. The van der Waals surface area contributed by atoms with Gasteiger partial charge in [0.2, 0.25) is 0 Å². The maximum absolute atomic E-state index is 11.2. The number of rotatable bonds is 3. The van der Waals surface area contributed by atoms with Crippen LogP contribution in [0.3, 0.4) is 0 Å². The molecule has 5 heteroatoms. The molecular formula is C18H17N3O2. The quantitative estimate of drug-likeness (QED) is 0.638. The van der Waals surface area contributed by atoms with Crippen LogP contribution in [-0.4, -0.2) is 18.0 Å². The van der Waals surface area contributed by atoms with Crippen LogP contribution in [-0.2, 0) is 0 Å². The van der Waals surface area contributed by atoms with Gasteiger partial charge in [-0.2, -0.15) is 5.26 Å². The molecule has 0 aromatic heterocycles. The molecule has 3 rings (SSSR count). The number of nitro benzene ring substituents is 1. The van der Waals surface area contributed by atoms with E-state index in [9.17, 15) is 10.1 Å². The fourth-order valence-corrected chi connectivity index (χ4v) is 3.18. The van der Waals surface area contributed by atoms with E-state index < -0.39 is 0 Å². The molecule has 1 saturated heterocycles. The minimum Gasteiger partial charge on any atom is -0.366 e. The van der Waals surface area contributed by atoms with E-state index in [0.29, 0.717) is 17.2 Å². The summed E-state index contributed by atoms with van der Waals surface area (Å²) in [7, 11) is 0. The van der Waals surface area contributed by atoms with Crippen LogP contribution < -0.4 is 4.90 Å². The van der Waals surface area contributed by atoms with Gasteiger partial charge in [0.25, 0.3) is 5.69 Å². The van der Waals surface area contributed by atoms with E-state index in [4.69, 9.17) is 5.26 Å². The molecule has 0 radical (unpaired) electrons. The summed E-state index contributed by atoms with van der Waals surface area (Å²) < 4.78 is 0. The minimum absolute atomic E-state index is 0.0714. The summed E-state index contributed by atoms with van der Waals surface area (Å²) in [5, 5.41) is 20.3. The molecule has 1 aliphatic rings. The molecule has 5 nitrogen and oxygen atoms in total. The molecule has 0 amide bonds. The molecule has 0 atom stereocenters. The van der Waals surface area contributed by atoms with Crippen LogP contribution in [0.2, 0.25) is 0 Å². The Morgan fingerprint density at radius 1 is 1.13 bits per heavy atom. The number of nitro groups is 1. The van der Waals surface area contributed by atoms with Crippen LogP contribution in [0.4, 0.5) is 11.4 Å². The second kappa shape index (κ2) is 6.49. The number of benzene rings is 2. The first-order valence-corrected chi connectivity index (χ1v) is 7.67. The molecular weight excluding hydrogens is 290 g/mol. The van der Waals surface area contributed by atoms with Gasteiger partial charge >= 0.3 is 0 Å². The van der Waals surface area contributed by atoms with Crippen molar-refractivity contribution >= 4 is 11.4 Å². The van der Waals surface area contributed by atoms with Gasteiger partial charge < -0.3 is 4.90 Å². The van der Waals surface area contributed by atoms with Gasteiger partial charge in [-0.1, -0.05) is 30.3 Å². The molecule has 0 unspecified atom stereocenters. The number of nitriles is 1. The maximum atomic E-state index is 11.2. The van der Waals surface area contributed by atoms with Crippen molar-refractivity contribution in [3.63, 3.8) is 0 Å². The highest BCUT2D eigenvalue weighted by Crippen LogP contribution is 2.35. The largest absolute Gasteiger partial charge is 0.366 e. The highest BCUT2D eigenvalue weighted by atomic mass is 16.6. The zero-order valence-electron chi connectivity index (χ0n) is 12.7. The molecule has 0 N–H and O–H groups in total. The minimum atomic E-state index is -0.375. The van der Waals surface area contributed by atoms with Gasteiger partial charge in [0.15, 0.2) is 0 Å². The van der Waals surface area contributed by atoms with Crippen LogP contribution in [0.15, 0.2) is 48.5 Å². The van der Waals surface area contributed by atoms with Crippen molar-refractivity contribution in [2.24, 2.45) is 0 Å². The summed E-state index contributed by atoms with van der Waals surface area (Å²) in [5.41, 5.74) is 2.41. The zero-order valence-corrected chi connectivity index (χ0v) is 12.7. The molecule has 0 aliphatic carbocycles. The lowest BCUT2D eigenvalue weighted by Gasteiger charge is -2.33. The number of hydrogen-bond donors (Lipinski definition) is 0. The van der Waals surface area contributed by atoms with E-state index in [0.717, 1.165) is 25.9 Å². The molecule has 2 aromatic rings. The third-order valence-electron chi connectivity index (χ3n) is 4.41. The van der Waals surface area contributed by atoms with Crippen molar-refractivity contribution in [1.29, 1.82) is 5.26 Å². The molecule has 1 aliphatic heterocycles. The SMILES string of the molecule is N#Cc1ccc([N+](=O)[O-])c(N2CCC(c3ccccc3)CC2)c1. The fourth-order valence-electron chi connectivity index (χ4n) is 3.18. The molecule has 1 fully saturated rings. The van der Waals surface area contributed by atoms with Crippen LogP contribution in [0.1, 0.15) is 29.9 Å². The topological polar surface area (TPSA) is 70.2 Å². The second-order valence-electron chi connectivity index (χ2n) is 5.74. The first-order valence-electron chi connectivity index (χ1n) is 7.67. The van der Waals surface area contributed by atoms with Crippen LogP contribution in [0.5, 0.6) is 0 Å². The molecule has 23 heavy (non-hydrogen) atoms. The van der Waals surface area contributed by atoms with Crippen molar-refractivity contribution in [3.05, 3.63) is 69.8 Å². The smallest absolute Gasteiger partial charge is 0.292 e. The molecule has 0 saturated carbocycles. The van der Waals surface area contributed by atoms with Gasteiger partial charge in [0.05, 0.1) is 16.6 Å². The molecule has 0 bridgehead atoms. The van der Waals surface area contributed by atoms with Crippen molar-refractivity contribution in [2.45, 2.75) is 18.8 Å². The summed E-state index contributed by atoms with van der Waals surface area (Å²) in [5.74, 6) is 0.491. The molecule has 0 spiro atoms. The summed E-state index contributed by atoms with van der Waals surface area (Å²) in [6.07, 6.45) is 1.91. The van der Waals surface area contributed by atoms with E-state index >= 15 is 0 Å². The van der Waals surface area contributed by atoms with Crippen molar-refractivity contribution in [1.82, 2.24) is 0 Å². The van der Waals surface area contributed by atoms with Crippen LogP contribution in [0, 0.1) is 21.4 Å². The van der Waals surface area contributed by atoms with E-state index in [1.807, 2.05) is 23.1 Å². The molecule has 2 aromatic carbocycles. The summed E-state index contributed by atoms with van der Waals surface area (Å²) in [6.45, 7) is 1.52. The van der Waals surface area contributed by atoms with Crippen molar-refractivity contribution < 1.29 is 4.92 Å². The number of hydrogen-bond acceptors (Lipinski definition) is 4. The lowest BCUT2D eigenvalue weighted by atomic mass is 9.89. The van der Waals surface area contributed by atoms with E-state index in [-0.39, 0.29) is 10.6 Å². The number of piperidine rings is 1. The predicted molar refractivity (Wildman–Crippen MR) is 88.4 cm³/mol. The Bertz CT molecular complexity index is 745. The van der Waals surface area contributed by atoms with E-state index in [1.54, 1.807) is 6.07 Å². The Labute approximate surface area is 134 Å². The Balaban J connectivity index is 1.80. The maximum Gasteiger partial charge on any atom is 0.292 e. The van der Waals surface area contributed by atoms with Gasteiger partial charge in [-0.15, -0.1) is 0 Å². The lowest BCUT2D eigenvalue weighted by Crippen LogP contribution is -2.33. The summed E-state index contributed by atoms with van der Waals surface area (Å²) in [6, 6.07) is 17.0. The Hall–Kier alpha value is -2.87. The van der Waals surface area contributed by atoms with E-state index in [1.165, 1.54) is 17.7 Å². The average molecular weight is 307 g/mol. The summed E-state index contributed by atoms with van der Waals surface area (Å²) >= 11 is 0. The normalized spacial score (nSPS) is 15.2. The third kappa shape index (κ3) is 3.16. The molecule has 1 heterocycles. The van der Waals surface area contributed by atoms with Gasteiger partial charge in [-0.3, -0.25) is 10.1 Å². The van der Waals surface area contributed by atoms with Crippen molar-refractivity contribution in [2.75, 3.05) is 18.0 Å². The summed E-state index contributed by atoms with van der Waals surface area (Å²) in [4.78, 5) is 12.9. The highest BCUT2D eigenvalue weighted by molar-refractivity contribution is 5.66. The zero-order chi connectivity index (χ0) is 16.2. The highest BCUT2D eigenvalue weighted by Gasteiger charge is 2.25. The van der Waals surface area contributed by atoms with Gasteiger partial charge in [0, 0.05) is 19.2 Å². The van der Waals surface area contributed by atoms with E-state index in [2.05, 4.69) is 18.2 Å². The Morgan fingerprint density at radius 3 is 2.43 bits per heavy atom. The Kier molecular flexibility index (Phi) is 4.24. The van der Waals surface area contributed by atoms with Gasteiger partial charge in [-0.25, -0.2) is 0 Å². The average Bonchev–Trinajstić information content (AvgIpc) is 2.62. The predicted octanol–water partition coefficient (Wildman–Crippen LogP) is 3.85. The standard InChI is InChI=1S/C18H17N3O2/c19-13-14-6-7-17(21(22)23)18(12-14)20-10-8-16(9-11-20)15-4-2-1-3-5-15/h1-7,12,16H,8-11H2. The third-order valence-corrected chi connectivity index (χ3v) is 4.41. The monoisotopic (exact) mass is 307 g/mol. The second-order valence-corrected chi connectivity index (χ2v) is 5.74. The number of anilines is 1. The lowest BCUT2D eigenvalue weighted by molar-refractivity contribution is -0.384. The van der Waals surface area contributed by atoms with Gasteiger partial charge in [-0.05, 0) is 36.5 Å².